The molecular weight excluding hydrogens is 210 g/mol. The molecule has 2 heteroatoms. The molecule has 2 nitrogen and oxygen atoms in total. The lowest BCUT2D eigenvalue weighted by Crippen LogP contribution is -2.47. The Kier molecular flexibility index (Phi) is 4.48. The fourth-order valence-electron chi connectivity index (χ4n) is 3.72. The third kappa shape index (κ3) is 3.69. The van der Waals surface area contributed by atoms with Gasteiger partial charge in [0, 0.05) is 18.8 Å². The minimum atomic E-state index is 0.134. The first-order valence-corrected chi connectivity index (χ1v) is 7.46. The molecule has 2 atom stereocenters. The molecule has 2 aliphatic rings. The topological polar surface area (TPSA) is 35.2 Å². The lowest BCUT2D eigenvalue weighted by molar-refractivity contribution is 0.0479. The lowest BCUT2D eigenvalue weighted by Gasteiger charge is -2.42. The molecule has 0 bridgehead atoms. The van der Waals surface area contributed by atoms with E-state index in [2.05, 4.69) is 13.8 Å². The molecule has 2 rings (SSSR count). The van der Waals surface area contributed by atoms with Crippen molar-refractivity contribution in [1.82, 2.24) is 0 Å². The van der Waals surface area contributed by atoms with Gasteiger partial charge in [-0.1, -0.05) is 26.7 Å². The van der Waals surface area contributed by atoms with E-state index in [0.29, 0.717) is 0 Å². The van der Waals surface area contributed by atoms with E-state index >= 15 is 0 Å². The Balaban J connectivity index is 1.88. The fraction of sp³-hybridized carbons (Fsp3) is 1.00. The van der Waals surface area contributed by atoms with Crippen LogP contribution in [0.15, 0.2) is 0 Å². The van der Waals surface area contributed by atoms with Gasteiger partial charge < -0.3 is 10.5 Å². The molecule has 1 aliphatic heterocycles. The van der Waals surface area contributed by atoms with E-state index in [0.717, 1.165) is 31.0 Å². The Hall–Kier alpha value is -0.0800. The highest BCUT2D eigenvalue weighted by Crippen LogP contribution is 2.39. The fourth-order valence-corrected chi connectivity index (χ4v) is 3.72. The van der Waals surface area contributed by atoms with Crippen molar-refractivity contribution in [2.75, 3.05) is 13.2 Å². The van der Waals surface area contributed by atoms with Crippen molar-refractivity contribution < 1.29 is 4.74 Å². The molecule has 0 aromatic rings. The summed E-state index contributed by atoms with van der Waals surface area (Å²) < 4.78 is 5.44. The maximum Gasteiger partial charge on any atom is 0.0468 e. The van der Waals surface area contributed by atoms with Gasteiger partial charge in [0.2, 0.25) is 0 Å². The van der Waals surface area contributed by atoms with Crippen LogP contribution in [0.2, 0.25) is 0 Å². The molecule has 1 heterocycles. The highest BCUT2D eigenvalue weighted by atomic mass is 16.5. The summed E-state index contributed by atoms with van der Waals surface area (Å²) in [5, 5.41) is 0. The van der Waals surface area contributed by atoms with Gasteiger partial charge >= 0.3 is 0 Å². The molecule has 0 aromatic heterocycles. The van der Waals surface area contributed by atoms with E-state index in [-0.39, 0.29) is 5.54 Å². The predicted octanol–water partition coefficient (Wildman–Crippen LogP) is 3.35. The average Bonchev–Trinajstić information content (AvgIpc) is 2.29. The average molecular weight is 239 g/mol. The Morgan fingerprint density at radius 3 is 2.59 bits per heavy atom. The second-order valence-corrected chi connectivity index (χ2v) is 6.72. The van der Waals surface area contributed by atoms with Crippen LogP contribution in [-0.4, -0.2) is 18.8 Å². The highest BCUT2D eigenvalue weighted by Gasteiger charge is 2.35. The zero-order valence-electron chi connectivity index (χ0n) is 11.6. The number of hydrogen-bond donors (Lipinski definition) is 1. The van der Waals surface area contributed by atoms with E-state index in [1.54, 1.807) is 0 Å². The maximum absolute atomic E-state index is 6.68. The summed E-state index contributed by atoms with van der Waals surface area (Å²) in [6.45, 7) is 6.61. The van der Waals surface area contributed by atoms with Gasteiger partial charge in [-0.25, -0.2) is 0 Å². The molecule has 17 heavy (non-hydrogen) atoms. The molecule has 2 unspecified atom stereocenters. The predicted molar refractivity (Wildman–Crippen MR) is 71.9 cm³/mol. The van der Waals surface area contributed by atoms with Crippen LogP contribution in [0.4, 0.5) is 0 Å². The van der Waals surface area contributed by atoms with E-state index in [9.17, 15) is 0 Å². The van der Waals surface area contributed by atoms with Crippen LogP contribution >= 0.6 is 0 Å². The summed E-state index contributed by atoms with van der Waals surface area (Å²) in [6, 6.07) is 0. The quantitative estimate of drug-likeness (QED) is 0.819. The summed E-state index contributed by atoms with van der Waals surface area (Å²) in [5.74, 6) is 2.47. The van der Waals surface area contributed by atoms with Gasteiger partial charge in [0.15, 0.2) is 0 Å². The molecule has 2 N–H and O–H groups in total. The minimum Gasteiger partial charge on any atom is -0.381 e. The Labute approximate surface area is 106 Å². The molecule has 1 aliphatic carbocycles. The van der Waals surface area contributed by atoms with E-state index in [1.165, 1.54) is 44.9 Å². The van der Waals surface area contributed by atoms with Gasteiger partial charge in [0.1, 0.15) is 0 Å². The number of rotatable bonds is 3. The van der Waals surface area contributed by atoms with Crippen molar-refractivity contribution >= 4 is 0 Å². The molecule has 2 fully saturated rings. The van der Waals surface area contributed by atoms with Gasteiger partial charge in [-0.15, -0.1) is 0 Å². The molecule has 100 valence electrons. The number of ether oxygens (including phenoxy) is 1. The molecular formula is C15H29NO. The van der Waals surface area contributed by atoms with Crippen molar-refractivity contribution in [2.24, 2.45) is 23.5 Å². The number of hydrogen-bond acceptors (Lipinski definition) is 2. The largest absolute Gasteiger partial charge is 0.381 e. The van der Waals surface area contributed by atoms with Crippen molar-refractivity contribution in [2.45, 2.75) is 64.3 Å². The molecule has 1 saturated carbocycles. The molecule has 0 aromatic carbocycles. The highest BCUT2D eigenvalue weighted by molar-refractivity contribution is 4.93. The molecule has 0 amide bonds. The van der Waals surface area contributed by atoms with Crippen molar-refractivity contribution in [3.05, 3.63) is 0 Å². The Morgan fingerprint density at radius 2 is 1.94 bits per heavy atom. The maximum atomic E-state index is 6.68. The van der Waals surface area contributed by atoms with E-state index in [4.69, 9.17) is 10.5 Å². The molecule has 1 saturated heterocycles. The van der Waals surface area contributed by atoms with E-state index in [1.807, 2.05) is 0 Å². The van der Waals surface area contributed by atoms with E-state index < -0.39 is 0 Å². The second kappa shape index (κ2) is 5.71. The van der Waals surface area contributed by atoms with Gasteiger partial charge in [-0.3, -0.25) is 0 Å². The standard InChI is InChI=1S/C15H29NO/c1-12(2)14-4-3-7-15(16,11-14)10-13-5-8-17-9-6-13/h12-14H,3-11,16H2,1-2H3. The zero-order valence-corrected chi connectivity index (χ0v) is 11.6. The third-order valence-electron chi connectivity index (χ3n) is 4.90. The van der Waals surface area contributed by atoms with Gasteiger partial charge in [-0.05, 0) is 49.9 Å². The second-order valence-electron chi connectivity index (χ2n) is 6.72. The van der Waals surface area contributed by atoms with Crippen LogP contribution in [0.5, 0.6) is 0 Å². The van der Waals surface area contributed by atoms with Crippen molar-refractivity contribution in [1.29, 1.82) is 0 Å². The minimum absolute atomic E-state index is 0.134. The third-order valence-corrected chi connectivity index (χ3v) is 4.90. The first-order valence-electron chi connectivity index (χ1n) is 7.46. The normalized spacial score (nSPS) is 36.4. The Morgan fingerprint density at radius 1 is 1.24 bits per heavy atom. The van der Waals surface area contributed by atoms with Crippen molar-refractivity contribution in [3.8, 4) is 0 Å². The summed E-state index contributed by atoms with van der Waals surface area (Å²) in [5.41, 5.74) is 6.81. The summed E-state index contributed by atoms with van der Waals surface area (Å²) in [4.78, 5) is 0. The zero-order chi connectivity index (χ0) is 12.3. The molecule has 0 spiro atoms. The van der Waals surface area contributed by atoms with Crippen LogP contribution in [-0.2, 0) is 4.74 Å². The smallest absolute Gasteiger partial charge is 0.0468 e. The van der Waals surface area contributed by atoms with Crippen LogP contribution < -0.4 is 5.73 Å². The van der Waals surface area contributed by atoms with Gasteiger partial charge in [0.25, 0.3) is 0 Å². The van der Waals surface area contributed by atoms with Crippen LogP contribution in [0, 0.1) is 17.8 Å². The lowest BCUT2D eigenvalue weighted by atomic mass is 9.68. The summed E-state index contributed by atoms with van der Waals surface area (Å²) >= 11 is 0. The van der Waals surface area contributed by atoms with Gasteiger partial charge in [-0.2, -0.15) is 0 Å². The van der Waals surface area contributed by atoms with Crippen LogP contribution in [0.1, 0.15) is 58.8 Å². The van der Waals surface area contributed by atoms with Crippen molar-refractivity contribution in [3.63, 3.8) is 0 Å². The van der Waals surface area contributed by atoms with Crippen LogP contribution in [0.3, 0.4) is 0 Å². The number of nitrogens with two attached hydrogens (primary N) is 1. The van der Waals surface area contributed by atoms with Gasteiger partial charge in [0.05, 0.1) is 0 Å². The van der Waals surface area contributed by atoms with Crippen LogP contribution in [0.25, 0.3) is 0 Å². The SMILES string of the molecule is CC(C)C1CCCC(N)(CC2CCOCC2)C1. The summed E-state index contributed by atoms with van der Waals surface area (Å²) in [7, 11) is 0. The summed E-state index contributed by atoms with van der Waals surface area (Å²) in [6.07, 6.45) is 8.92. The first-order chi connectivity index (χ1) is 8.09. The molecule has 0 radical (unpaired) electrons. The Bertz CT molecular complexity index is 235. The monoisotopic (exact) mass is 239 g/mol. The first kappa shape index (κ1) is 13.4.